The molecule has 0 aliphatic rings. The molecule has 8 heteroatoms. The van der Waals surface area contributed by atoms with Crippen LogP contribution in [-0.4, -0.2) is 29.0 Å². The van der Waals surface area contributed by atoms with Crippen LogP contribution in [0.5, 0.6) is 0 Å². The highest BCUT2D eigenvalue weighted by Crippen LogP contribution is 2.21. The van der Waals surface area contributed by atoms with Gasteiger partial charge in [-0.25, -0.2) is 14.8 Å². The molecule has 1 amide bonds. The molecule has 2 N–H and O–H groups in total. The topological polar surface area (TPSA) is 93.2 Å². The lowest BCUT2D eigenvalue weighted by Crippen LogP contribution is -2.15. The van der Waals surface area contributed by atoms with E-state index in [4.69, 9.17) is 16.3 Å². The predicted molar refractivity (Wildman–Crippen MR) is 107 cm³/mol. The van der Waals surface area contributed by atoms with Crippen LogP contribution >= 0.6 is 11.6 Å². The maximum atomic E-state index is 12.5. The first kappa shape index (κ1) is 19.3. The predicted octanol–water partition coefficient (Wildman–Crippen LogP) is 4.22. The van der Waals surface area contributed by atoms with E-state index in [2.05, 4.69) is 20.6 Å². The van der Waals surface area contributed by atoms with Gasteiger partial charge in [-0.15, -0.1) is 0 Å². The van der Waals surface area contributed by atoms with Crippen LogP contribution in [0.2, 0.25) is 5.02 Å². The fourth-order valence-corrected chi connectivity index (χ4v) is 2.60. The van der Waals surface area contributed by atoms with Crippen LogP contribution in [0.25, 0.3) is 0 Å². The first-order valence-electron chi connectivity index (χ1n) is 8.32. The molecule has 0 fully saturated rings. The summed E-state index contributed by atoms with van der Waals surface area (Å²) in [6.07, 6.45) is 1.47. The van der Waals surface area contributed by atoms with E-state index < -0.39 is 5.97 Å². The van der Waals surface area contributed by atoms with Gasteiger partial charge in [-0.3, -0.25) is 4.79 Å². The van der Waals surface area contributed by atoms with Crippen molar-refractivity contribution >= 4 is 40.8 Å². The Morgan fingerprint density at radius 3 is 2.71 bits per heavy atom. The first-order chi connectivity index (χ1) is 13.5. The van der Waals surface area contributed by atoms with E-state index in [1.807, 2.05) is 13.0 Å². The summed E-state index contributed by atoms with van der Waals surface area (Å²) in [6, 6.07) is 13.4. The first-order valence-corrected chi connectivity index (χ1v) is 8.70. The molecule has 1 aromatic heterocycles. The van der Waals surface area contributed by atoms with E-state index >= 15 is 0 Å². The third-order valence-corrected chi connectivity index (χ3v) is 4.11. The Labute approximate surface area is 166 Å². The lowest BCUT2D eigenvalue weighted by molar-refractivity contribution is 0.0600. The molecule has 0 atom stereocenters. The van der Waals surface area contributed by atoms with Gasteiger partial charge in [0.2, 0.25) is 5.95 Å². The van der Waals surface area contributed by atoms with Gasteiger partial charge < -0.3 is 15.4 Å². The van der Waals surface area contributed by atoms with E-state index in [9.17, 15) is 9.59 Å². The number of methoxy groups -OCH3 is 1. The Morgan fingerprint density at radius 1 is 1.11 bits per heavy atom. The average molecular weight is 397 g/mol. The van der Waals surface area contributed by atoms with Crippen molar-refractivity contribution in [1.82, 2.24) is 9.97 Å². The van der Waals surface area contributed by atoms with Gasteiger partial charge >= 0.3 is 5.97 Å². The monoisotopic (exact) mass is 396 g/mol. The van der Waals surface area contributed by atoms with E-state index in [-0.39, 0.29) is 17.5 Å². The van der Waals surface area contributed by atoms with Gasteiger partial charge in [0.1, 0.15) is 5.69 Å². The highest BCUT2D eigenvalue weighted by atomic mass is 35.5. The van der Waals surface area contributed by atoms with Crippen molar-refractivity contribution in [3.05, 3.63) is 76.6 Å². The van der Waals surface area contributed by atoms with Crippen LogP contribution < -0.4 is 10.6 Å². The number of halogens is 1. The third-order valence-electron chi connectivity index (χ3n) is 3.88. The molecular weight excluding hydrogens is 380 g/mol. The smallest absolute Gasteiger partial charge is 0.337 e. The van der Waals surface area contributed by atoms with Gasteiger partial charge in [0.15, 0.2) is 0 Å². The van der Waals surface area contributed by atoms with Crippen LogP contribution in [0, 0.1) is 6.92 Å². The van der Waals surface area contributed by atoms with Gasteiger partial charge in [-0.2, -0.15) is 0 Å². The molecule has 3 rings (SSSR count). The molecule has 3 aromatic rings. The normalized spacial score (nSPS) is 10.2. The van der Waals surface area contributed by atoms with Gasteiger partial charge in [0.25, 0.3) is 5.91 Å². The van der Waals surface area contributed by atoms with Gasteiger partial charge in [0, 0.05) is 22.6 Å². The van der Waals surface area contributed by atoms with Crippen molar-refractivity contribution < 1.29 is 14.3 Å². The summed E-state index contributed by atoms with van der Waals surface area (Å²) in [5.74, 6) is -0.619. The zero-order valence-corrected chi connectivity index (χ0v) is 15.9. The largest absolute Gasteiger partial charge is 0.465 e. The molecule has 0 bridgehead atoms. The van der Waals surface area contributed by atoms with Crippen molar-refractivity contribution in [2.75, 3.05) is 17.7 Å². The number of amides is 1. The number of rotatable bonds is 5. The van der Waals surface area contributed by atoms with Crippen LogP contribution in [-0.2, 0) is 4.74 Å². The zero-order valence-electron chi connectivity index (χ0n) is 15.2. The van der Waals surface area contributed by atoms with E-state index in [1.165, 1.54) is 19.4 Å². The number of esters is 1. The lowest BCUT2D eigenvalue weighted by atomic mass is 10.2. The number of hydrogen-bond acceptors (Lipinski definition) is 6. The maximum Gasteiger partial charge on any atom is 0.337 e. The molecular formula is C20H17ClN4O3. The molecule has 0 saturated heterocycles. The fourth-order valence-electron chi connectivity index (χ4n) is 2.43. The summed E-state index contributed by atoms with van der Waals surface area (Å²) >= 11 is 5.99. The number of nitrogens with zero attached hydrogens (tertiary/aromatic N) is 2. The molecule has 0 aliphatic heterocycles. The van der Waals surface area contributed by atoms with Crippen LogP contribution in [0.3, 0.4) is 0 Å². The average Bonchev–Trinajstić information content (AvgIpc) is 2.70. The van der Waals surface area contributed by atoms with Gasteiger partial charge in [-0.1, -0.05) is 23.7 Å². The fraction of sp³-hybridized carbons (Fsp3) is 0.100. The number of carbonyl (C=O) groups excluding carboxylic acids is 2. The SMILES string of the molecule is COC(=O)c1cccc(Nc2nccc(C(=O)Nc3cc(Cl)ccc3C)n2)c1. The molecule has 7 nitrogen and oxygen atoms in total. The summed E-state index contributed by atoms with van der Waals surface area (Å²) in [4.78, 5) is 32.5. The minimum absolute atomic E-state index is 0.181. The van der Waals surface area contributed by atoms with Crippen LogP contribution in [0.1, 0.15) is 26.4 Å². The molecule has 0 spiro atoms. The second kappa shape index (κ2) is 8.49. The van der Waals surface area contributed by atoms with Gasteiger partial charge in [-0.05, 0) is 48.9 Å². The minimum Gasteiger partial charge on any atom is -0.465 e. The van der Waals surface area contributed by atoms with Crippen molar-refractivity contribution in [2.45, 2.75) is 6.92 Å². The molecule has 1 heterocycles. The van der Waals surface area contributed by atoms with Gasteiger partial charge in [0.05, 0.1) is 12.7 Å². The summed E-state index contributed by atoms with van der Waals surface area (Å²) < 4.78 is 4.71. The Kier molecular flexibility index (Phi) is 5.86. The second-order valence-corrected chi connectivity index (χ2v) is 6.31. The molecule has 2 aromatic carbocycles. The van der Waals surface area contributed by atoms with E-state index in [0.29, 0.717) is 22.0 Å². The number of aromatic nitrogens is 2. The zero-order chi connectivity index (χ0) is 20.1. The number of aryl methyl sites for hydroxylation is 1. The number of ether oxygens (including phenoxy) is 1. The summed E-state index contributed by atoms with van der Waals surface area (Å²) in [5, 5.41) is 6.28. The number of anilines is 3. The summed E-state index contributed by atoms with van der Waals surface area (Å²) in [6.45, 7) is 1.87. The quantitative estimate of drug-likeness (QED) is 0.627. The molecule has 0 aliphatic carbocycles. The van der Waals surface area contributed by atoms with Crippen LogP contribution in [0.4, 0.5) is 17.3 Å². The summed E-state index contributed by atoms with van der Waals surface area (Å²) in [5.41, 5.74) is 2.64. The number of nitrogens with one attached hydrogen (secondary N) is 2. The molecule has 0 radical (unpaired) electrons. The highest BCUT2D eigenvalue weighted by molar-refractivity contribution is 6.31. The Hall–Kier alpha value is -3.45. The van der Waals surface area contributed by atoms with E-state index in [0.717, 1.165) is 5.56 Å². The lowest BCUT2D eigenvalue weighted by Gasteiger charge is -2.10. The third kappa shape index (κ3) is 4.63. The van der Waals surface area contributed by atoms with Crippen molar-refractivity contribution in [2.24, 2.45) is 0 Å². The number of carbonyl (C=O) groups is 2. The molecule has 0 unspecified atom stereocenters. The Morgan fingerprint density at radius 2 is 1.93 bits per heavy atom. The number of benzene rings is 2. The highest BCUT2D eigenvalue weighted by Gasteiger charge is 2.12. The summed E-state index contributed by atoms with van der Waals surface area (Å²) in [7, 11) is 1.31. The van der Waals surface area contributed by atoms with Crippen molar-refractivity contribution in [1.29, 1.82) is 0 Å². The van der Waals surface area contributed by atoms with E-state index in [1.54, 1.807) is 36.4 Å². The molecule has 28 heavy (non-hydrogen) atoms. The number of hydrogen-bond donors (Lipinski definition) is 2. The Balaban J connectivity index is 1.78. The second-order valence-electron chi connectivity index (χ2n) is 5.88. The Bertz CT molecular complexity index is 1040. The standard InChI is InChI=1S/C20H17ClN4O3/c1-12-6-7-14(21)11-17(12)24-18(26)16-8-9-22-20(25-16)23-15-5-3-4-13(10-15)19(27)28-2/h3-11H,1-2H3,(H,24,26)(H,22,23,25). The maximum absolute atomic E-state index is 12.5. The van der Waals surface area contributed by atoms with Crippen molar-refractivity contribution in [3.63, 3.8) is 0 Å². The van der Waals surface area contributed by atoms with Crippen molar-refractivity contribution in [3.8, 4) is 0 Å². The van der Waals surface area contributed by atoms with Crippen LogP contribution in [0.15, 0.2) is 54.7 Å². The molecule has 0 saturated carbocycles. The molecule has 142 valence electrons. The minimum atomic E-state index is -0.449.